The molecule has 8 nitrogen and oxygen atoms in total. The van der Waals surface area contributed by atoms with Gasteiger partial charge in [-0.2, -0.15) is 0 Å². The van der Waals surface area contributed by atoms with Crippen LogP contribution in [0, 0.1) is 0 Å². The Morgan fingerprint density at radius 2 is 0.852 bits per heavy atom. The highest BCUT2D eigenvalue weighted by Crippen LogP contribution is 2.35. The minimum absolute atomic E-state index is 0.0971. The fourth-order valence-corrected chi connectivity index (χ4v) is 2.72. The lowest BCUT2D eigenvalue weighted by atomic mass is 10.0. The van der Waals surface area contributed by atoms with Crippen LogP contribution >= 0.6 is 0 Å². The van der Waals surface area contributed by atoms with Crippen molar-refractivity contribution in [2.24, 2.45) is 0 Å². The topological polar surface area (TPSA) is 105 Å². The van der Waals surface area contributed by atoms with Gasteiger partial charge in [0.2, 0.25) is 0 Å². The molecule has 0 radical (unpaired) electrons. The third-order valence-electron chi connectivity index (χ3n) is 3.78. The number of allylic oxidation sites excluding steroid dienone is 2. The van der Waals surface area contributed by atoms with E-state index in [0.29, 0.717) is 24.0 Å². The number of carbonyl (C=O) groups excluding carboxylic acids is 4. The monoisotopic (exact) mass is 382 g/mol. The van der Waals surface area contributed by atoms with Crippen molar-refractivity contribution < 1.29 is 38.1 Å². The first-order chi connectivity index (χ1) is 12.9. The summed E-state index contributed by atoms with van der Waals surface area (Å²) in [5.74, 6) is -3.11. The number of ether oxygens (including phenoxy) is 4. The van der Waals surface area contributed by atoms with Gasteiger partial charge >= 0.3 is 23.9 Å². The summed E-state index contributed by atoms with van der Waals surface area (Å²) in [5, 5.41) is 0. The van der Waals surface area contributed by atoms with E-state index in [1.807, 2.05) is 0 Å². The van der Waals surface area contributed by atoms with Crippen LogP contribution in [0.3, 0.4) is 0 Å². The summed E-state index contributed by atoms with van der Waals surface area (Å²) < 4.78 is 19.8. The summed E-state index contributed by atoms with van der Waals surface area (Å²) >= 11 is 0. The Labute approximate surface area is 158 Å². The predicted octanol–water partition coefficient (Wildman–Crippen LogP) is 2.02. The van der Waals surface area contributed by atoms with E-state index < -0.39 is 23.9 Å². The summed E-state index contributed by atoms with van der Waals surface area (Å²) in [7, 11) is 0. The molecule has 0 bridgehead atoms. The molecule has 1 rings (SSSR count). The van der Waals surface area contributed by atoms with Gasteiger partial charge in [0.25, 0.3) is 0 Å². The molecule has 27 heavy (non-hydrogen) atoms. The quantitative estimate of drug-likeness (QED) is 0.206. The Morgan fingerprint density at radius 3 is 1.07 bits per heavy atom. The molecular weight excluding hydrogens is 356 g/mol. The predicted molar refractivity (Wildman–Crippen MR) is 94.4 cm³/mol. The van der Waals surface area contributed by atoms with Crippen LogP contribution in [0.4, 0.5) is 0 Å². The fraction of sp³-hybridized carbons (Fsp3) is 0.579. The molecule has 0 N–H and O–H groups in total. The minimum atomic E-state index is -0.777. The van der Waals surface area contributed by atoms with Crippen molar-refractivity contribution in [2.75, 3.05) is 26.4 Å². The fourth-order valence-electron chi connectivity index (χ4n) is 2.72. The third-order valence-corrected chi connectivity index (χ3v) is 3.78. The maximum atomic E-state index is 12.2. The lowest BCUT2D eigenvalue weighted by molar-refractivity contribution is -0.148. The summed E-state index contributed by atoms with van der Waals surface area (Å²) in [4.78, 5) is 48.9. The normalized spacial score (nSPS) is 13.0. The maximum absolute atomic E-state index is 12.2. The highest BCUT2D eigenvalue weighted by atomic mass is 16.6. The zero-order valence-electron chi connectivity index (χ0n) is 16.2. The van der Waals surface area contributed by atoms with Gasteiger partial charge in [0.15, 0.2) is 0 Å². The van der Waals surface area contributed by atoms with Gasteiger partial charge in [-0.1, -0.05) is 0 Å². The van der Waals surface area contributed by atoms with Crippen LogP contribution < -0.4 is 0 Å². The number of hydrogen-bond donors (Lipinski definition) is 0. The molecule has 0 aromatic rings. The van der Waals surface area contributed by atoms with Crippen molar-refractivity contribution in [3.63, 3.8) is 0 Å². The lowest BCUT2D eigenvalue weighted by Crippen LogP contribution is -2.21. The summed E-state index contributed by atoms with van der Waals surface area (Å²) in [6.07, 6.45) is 0.745. The molecule has 1 aliphatic rings. The van der Waals surface area contributed by atoms with Gasteiger partial charge < -0.3 is 18.9 Å². The molecule has 8 heteroatoms. The van der Waals surface area contributed by atoms with Gasteiger partial charge in [-0.25, -0.2) is 19.2 Å². The zero-order chi connectivity index (χ0) is 20.4. The van der Waals surface area contributed by atoms with E-state index in [-0.39, 0.29) is 44.0 Å². The first-order valence-corrected chi connectivity index (χ1v) is 9.03. The van der Waals surface area contributed by atoms with E-state index in [9.17, 15) is 19.2 Å². The molecule has 150 valence electrons. The molecule has 0 spiro atoms. The second-order valence-corrected chi connectivity index (χ2v) is 5.52. The molecule has 0 amide bonds. The van der Waals surface area contributed by atoms with E-state index in [2.05, 4.69) is 0 Å². The number of esters is 4. The molecule has 1 fully saturated rings. The van der Waals surface area contributed by atoms with Gasteiger partial charge in [-0.15, -0.1) is 0 Å². The highest BCUT2D eigenvalue weighted by molar-refractivity contribution is 6.16. The van der Waals surface area contributed by atoms with Crippen molar-refractivity contribution in [1.29, 1.82) is 0 Å². The average Bonchev–Trinajstić information content (AvgIpc) is 3.05. The SMILES string of the molecule is CCOC(=O)C(C(=O)OCC)=C1CCC(=C(C(=O)OCC)C(=O)OCC)C1. The van der Waals surface area contributed by atoms with Crippen LogP contribution in [0.15, 0.2) is 22.3 Å². The van der Waals surface area contributed by atoms with Crippen LogP contribution in [0.2, 0.25) is 0 Å². The Kier molecular flexibility index (Phi) is 9.25. The third kappa shape index (κ3) is 5.94. The van der Waals surface area contributed by atoms with E-state index in [1.165, 1.54) is 0 Å². The molecule has 0 atom stereocenters. The standard InChI is InChI=1S/C19H26O8/c1-5-24-16(20)14(17(21)25-6-2)12-9-10-13(11-12)15(18(22)26-7-3)19(23)27-8-4/h5-11H2,1-4H3. The van der Waals surface area contributed by atoms with E-state index in [4.69, 9.17) is 18.9 Å². The van der Waals surface area contributed by atoms with Crippen LogP contribution in [0.5, 0.6) is 0 Å². The van der Waals surface area contributed by atoms with Crippen molar-refractivity contribution in [3.8, 4) is 0 Å². The molecule has 0 aliphatic heterocycles. The molecule has 1 saturated carbocycles. The van der Waals surface area contributed by atoms with E-state index in [0.717, 1.165) is 0 Å². The number of rotatable bonds is 8. The minimum Gasteiger partial charge on any atom is -0.462 e. The van der Waals surface area contributed by atoms with Crippen molar-refractivity contribution in [2.45, 2.75) is 47.0 Å². The van der Waals surface area contributed by atoms with E-state index in [1.54, 1.807) is 27.7 Å². The Bertz CT molecular complexity index is 561. The van der Waals surface area contributed by atoms with Crippen LogP contribution in [0.1, 0.15) is 47.0 Å². The van der Waals surface area contributed by atoms with Gasteiger partial charge in [-0.05, 0) is 58.1 Å². The maximum Gasteiger partial charge on any atom is 0.345 e. The molecule has 1 aliphatic carbocycles. The molecular formula is C19H26O8. The van der Waals surface area contributed by atoms with Gasteiger partial charge in [0, 0.05) is 0 Å². The van der Waals surface area contributed by atoms with Crippen LogP contribution in [0.25, 0.3) is 0 Å². The van der Waals surface area contributed by atoms with Gasteiger partial charge in [-0.3, -0.25) is 0 Å². The zero-order valence-corrected chi connectivity index (χ0v) is 16.2. The smallest absolute Gasteiger partial charge is 0.345 e. The Balaban J connectivity index is 3.33. The van der Waals surface area contributed by atoms with Crippen molar-refractivity contribution in [3.05, 3.63) is 22.3 Å². The Morgan fingerprint density at radius 1 is 0.593 bits per heavy atom. The molecule has 0 unspecified atom stereocenters. The summed E-state index contributed by atoms with van der Waals surface area (Å²) in [5.41, 5.74) is 0.572. The molecule has 0 heterocycles. The van der Waals surface area contributed by atoms with E-state index >= 15 is 0 Å². The first kappa shape index (κ1) is 22.4. The van der Waals surface area contributed by atoms with Gasteiger partial charge in [0.1, 0.15) is 11.1 Å². The van der Waals surface area contributed by atoms with Crippen molar-refractivity contribution >= 4 is 23.9 Å². The Hall–Kier alpha value is -2.64. The lowest BCUT2D eigenvalue weighted by Gasteiger charge is -2.10. The second-order valence-electron chi connectivity index (χ2n) is 5.52. The first-order valence-electron chi connectivity index (χ1n) is 9.03. The number of carbonyl (C=O) groups is 4. The largest absolute Gasteiger partial charge is 0.462 e. The molecule has 0 aromatic heterocycles. The summed E-state index contributed by atoms with van der Waals surface area (Å²) in [6.45, 7) is 6.94. The van der Waals surface area contributed by atoms with Crippen LogP contribution in [-0.2, 0) is 38.1 Å². The molecule has 0 saturated heterocycles. The van der Waals surface area contributed by atoms with Crippen LogP contribution in [-0.4, -0.2) is 50.3 Å². The second kappa shape index (κ2) is 11.2. The van der Waals surface area contributed by atoms with Gasteiger partial charge in [0.05, 0.1) is 26.4 Å². The molecule has 0 aromatic carbocycles. The highest BCUT2D eigenvalue weighted by Gasteiger charge is 2.33. The van der Waals surface area contributed by atoms with Crippen molar-refractivity contribution in [1.82, 2.24) is 0 Å². The average molecular weight is 382 g/mol. The summed E-state index contributed by atoms with van der Waals surface area (Å²) in [6, 6.07) is 0. The number of hydrogen-bond acceptors (Lipinski definition) is 8.